The molecule has 0 unspecified atom stereocenters. The SMILES string of the molecule is C#CCOc1c(C(=O)c2ccc(OC)c(N=S3(=O)CCCCC3)c2Cl)cnn1C. The largest absolute Gasteiger partial charge is 0.494 e. The van der Waals surface area contributed by atoms with Gasteiger partial charge in [-0.2, -0.15) is 9.46 Å². The van der Waals surface area contributed by atoms with Crippen LogP contribution in [-0.4, -0.2) is 45.0 Å². The Morgan fingerprint density at radius 3 is 2.72 bits per heavy atom. The van der Waals surface area contributed by atoms with E-state index in [4.69, 9.17) is 27.5 Å². The fraction of sp³-hybridized carbons (Fsp3) is 0.400. The number of halogens is 1. The zero-order valence-electron chi connectivity index (χ0n) is 16.3. The van der Waals surface area contributed by atoms with Crippen LogP contribution in [0.25, 0.3) is 0 Å². The van der Waals surface area contributed by atoms with Crippen LogP contribution in [0.5, 0.6) is 11.6 Å². The van der Waals surface area contributed by atoms with Crippen LogP contribution in [0.15, 0.2) is 22.7 Å². The van der Waals surface area contributed by atoms with E-state index in [1.54, 1.807) is 19.2 Å². The molecule has 3 rings (SSSR count). The van der Waals surface area contributed by atoms with Gasteiger partial charge in [-0.1, -0.05) is 23.9 Å². The van der Waals surface area contributed by atoms with Crippen molar-refractivity contribution in [3.63, 3.8) is 0 Å². The van der Waals surface area contributed by atoms with Gasteiger partial charge < -0.3 is 9.47 Å². The van der Waals surface area contributed by atoms with Crippen molar-refractivity contribution in [1.82, 2.24) is 9.78 Å². The predicted octanol–water partition coefficient (Wildman–Crippen LogP) is 3.61. The molecular formula is C20H22ClN3O4S. The van der Waals surface area contributed by atoms with E-state index >= 15 is 0 Å². The molecule has 29 heavy (non-hydrogen) atoms. The lowest BCUT2D eigenvalue weighted by Crippen LogP contribution is -2.16. The van der Waals surface area contributed by atoms with Crippen LogP contribution in [0.4, 0.5) is 5.69 Å². The second-order valence-corrected chi connectivity index (χ2v) is 9.54. The standard InChI is InChI=1S/C20H22ClN3O4S/c1-4-10-28-20-15(13-22-24(20)2)19(25)14-8-9-16(27-3)18(17(14)21)23-29(26)11-6-5-7-12-29/h1,8-9,13H,5-7,10-12H2,2-3H3. The summed E-state index contributed by atoms with van der Waals surface area (Å²) in [6.45, 7) is -0.00119. The minimum Gasteiger partial charge on any atom is -0.494 e. The van der Waals surface area contributed by atoms with Gasteiger partial charge >= 0.3 is 0 Å². The van der Waals surface area contributed by atoms with Gasteiger partial charge in [-0.15, -0.1) is 6.42 Å². The Morgan fingerprint density at radius 1 is 1.34 bits per heavy atom. The minimum absolute atomic E-state index is 0.00119. The number of aryl methyl sites for hydroxylation is 1. The Hall–Kier alpha value is -2.50. The molecule has 1 aromatic heterocycles. The highest BCUT2D eigenvalue weighted by molar-refractivity contribution is 7.93. The molecule has 1 saturated heterocycles. The third-order valence-corrected chi connectivity index (χ3v) is 7.40. The first-order valence-corrected chi connectivity index (χ1v) is 11.4. The molecule has 154 valence electrons. The number of aromatic nitrogens is 2. The molecule has 0 aliphatic carbocycles. The van der Waals surface area contributed by atoms with E-state index in [0.717, 1.165) is 19.3 Å². The second kappa shape index (κ2) is 8.89. The number of hydrogen-bond acceptors (Lipinski definition) is 6. The molecule has 1 aromatic carbocycles. The van der Waals surface area contributed by atoms with Crippen LogP contribution < -0.4 is 9.47 Å². The molecule has 0 atom stereocenters. The molecule has 2 aromatic rings. The molecule has 2 heterocycles. The molecular weight excluding hydrogens is 414 g/mol. The highest BCUT2D eigenvalue weighted by atomic mass is 35.5. The van der Waals surface area contributed by atoms with Crippen molar-refractivity contribution < 1.29 is 18.5 Å². The van der Waals surface area contributed by atoms with Gasteiger partial charge in [0.25, 0.3) is 0 Å². The number of nitrogens with zero attached hydrogens (tertiary/aromatic N) is 3. The van der Waals surface area contributed by atoms with Gasteiger partial charge in [0.1, 0.15) is 17.0 Å². The third-order valence-electron chi connectivity index (χ3n) is 4.65. The molecule has 0 saturated carbocycles. The maximum absolute atomic E-state index is 13.2. The van der Waals surface area contributed by atoms with E-state index in [-0.39, 0.29) is 34.3 Å². The number of terminal acetylenes is 1. The first-order valence-electron chi connectivity index (χ1n) is 9.12. The number of methoxy groups -OCH3 is 1. The van der Waals surface area contributed by atoms with Crippen LogP contribution in [0, 0.1) is 12.3 Å². The van der Waals surface area contributed by atoms with E-state index in [1.165, 1.54) is 18.0 Å². The Morgan fingerprint density at radius 2 is 2.07 bits per heavy atom. The van der Waals surface area contributed by atoms with Crippen molar-refractivity contribution >= 4 is 32.8 Å². The first-order chi connectivity index (χ1) is 13.9. The van der Waals surface area contributed by atoms with Gasteiger partial charge in [-0.25, -0.2) is 8.89 Å². The summed E-state index contributed by atoms with van der Waals surface area (Å²) < 4.78 is 29.8. The molecule has 0 bridgehead atoms. The number of hydrogen-bond donors (Lipinski definition) is 0. The summed E-state index contributed by atoms with van der Waals surface area (Å²) >= 11 is 6.56. The van der Waals surface area contributed by atoms with Crippen molar-refractivity contribution in [2.24, 2.45) is 11.4 Å². The molecule has 0 spiro atoms. The third kappa shape index (κ3) is 4.41. The molecule has 7 nitrogen and oxygen atoms in total. The molecule has 0 N–H and O–H groups in total. The van der Waals surface area contributed by atoms with Gasteiger partial charge in [-0.05, 0) is 25.0 Å². The Labute approximate surface area is 175 Å². The lowest BCUT2D eigenvalue weighted by atomic mass is 10.0. The summed E-state index contributed by atoms with van der Waals surface area (Å²) in [4.78, 5) is 13.2. The van der Waals surface area contributed by atoms with Crippen molar-refractivity contribution in [3.05, 3.63) is 34.5 Å². The van der Waals surface area contributed by atoms with E-state index in [0.29, 0.717) is 17.3 Å². The second-order valence-electron chi connectivity index (χ2n) is 6.62. The van der Waals surface area contributed by atoms with Gasteiger partial charge in [0.05, 0.1) is 28.1 Å². The highest BCUT2D eigenvalue weighted by Gasteiger charge is 2.25. The highest BCUT2D eigenvalue weighted by Crippen LogP contribution is 2.40. The van der Waals surface area contributed by atoms with Gasteiger partial charge in [-0.3, -0.25) is 4.79 Å². The molecule has 1 aliphatic heterocycles. The maximum Gasteiger partial charge on any atom is 0.224 e. The van der Waals surface area contributed by atoms with E-state index in [9.17, 15) is 9.00 Å². The summed E-state index contributed by atoms with van der Waals surface area (Å²) in [5.74, 6) is 3.60. The monoisotopic (exact) mass is 435 g/mol. The average Bonchev–Trinajstić information content (AvgIpc) is 3.08. The van der Waals surface area contributed by atoms with Crippen LogP contribution in [0.2, 0.25) is 5.02 Å². The number of carbonyl (C=O) groups excluding carboxylic acids is 1. The fourth-order valence-corrected chi connectivity index (χ4v) is 5.72. The Bertz CT molecular complexity index is 1080. The van der Waals surface area contributed by atoms with Crippen LogP contribution in [-0.2, 0) is 16.8 Å². The van der Waals surface area contributed by atoms with Crippen LogP contribution >= 0.6 is 11.6 Å². The van der Waals surface area contributed by atoms with Gasteiger partial charge in [0.2, 0.25) is 11.7 Å². The first kappa shape index (κ1) is 21.2. The minimum atomic E-state index is -2.44. The van der Waals surface area contributed by atoms with Crippen LogP contribution in [0.3, 0.4) is 0 Å². The number of benzene rings is 1. The van der Waals surface area contributed by atoms with Gasteiger partial charge in [0.15, 0.2) is 6.61 Å². The van der Waals surface area contributed by atoms with Gasteiger partial charge in [0, 0.05) is 24.1 Å². The Kier molecular flexibility index (Phi) is 6.50. The van der Waals surface area contributed by atoms with E-state index in [1.807, 2.05) is 0 Å². The summed E-state index contributed by atoms with van der Waals surface area (Å²) in [5, 5.41) is 4.16. The number of ketones is 1. The molecule has 9 heteroatoms. The number of ether oxygens (including phenoxy) is 2. The number of rotatable bonds is 6. The molecule has 0 amide bonds. The summed E-state index contributed by atoms with van der Waals surface area (Å²) in [6.07, 6.45) is 9.39. The van der Waals surface area contributed by atoms with E-state index < -0.39 is 15.5 Å². The number of carbonyl (C=O) groups is 1. The summed E-state index contributed by atoms with van der Waals surface area (Å²) in [5.41, 5.74) is 0.660. The maximum atomic E-state index is 13.2. The van der Waals surface area contributed by atoms with Crippen LogP contribution in [0.1, 0.15) is 35.2 Å². The molecule has 1 fully saturated rings. The molecule has 0 radical (unpaired) electrons. The zero-order valence-corrected chi connectivity index (χ0v) is 17.9. The summed E-state index contributed by atoms with van der Waals surface area (Å²) in [6, 6.07) is 3.15. The van der Waals surface area contributed by atoms with Crippen molar-refractivity contribution in [2.45, 2.75) is 19.3 Å². The normalized spacial score (nSPS) is 15.4. The van der Waals surface area contributed by atoms with Crippen molar-refractivity contribution in [2.75, 3.05) is 25.2 Å². The fourth-order valence-electron chi connectivity index (χ4n) is 3.17. The molecule has 1 aliphatic rings. The topological polar surface area (TPSA) is 82.8 Å². The van der Waals surface area contributed by atoms with Crippen molar-refractivity contribution in [1.29, 1.82) is 0 Å². The lowest BCUT2D eigenvalue weighted by Gasteiger charge is -2.17. The van der Waals surface area contributed by atoms with Crippen molar-refractivity contribution in [3.8, 4) is 24.0 Å². The van der Waals surface area contributed by atoms with E-state index in [2.05, 4.69) is 15.4 Å². The zero-order chi connectivity index (χ0) is 21.0. The quantitative estimate of drug-likeness (QED) is 0.511. The lowest BCUT2D eigenvalue weighted by molar-refractivity contribution is 0.103. The smallest absolute Gasteiger partial charge is 0.224 e. The summed E-state index contributed by atoms with van der Waals surface area (Å²) in [7, 11) is 0.689. The Balaban J connectivity index is 2.08. The average molecular weight is 436 g/mol. The predicted molar refractivity (Wildman–Crippen MR) is 113 cm³/mol.